The Morgan fingerprint density at radius 3 is 2.44 bits per heavy atom. The number of benzene rings is 3. The van der Waals surface area contributed by atoms with Crippen LogP contribution in [0.25, 0.3) is 11.4 Å². The highest BCUT2D eigenvalue weighted by Gasteiger charge is 2.18. The number of nitrogens with one attached hydrogen (secondary N) is 1. The van der Waals surface area contributed by atoms with Crippen molar-refractivity contribution in [2.24, 2.45) is 0 Å². The number of halogens is 3. The molecule has 0 bridgehead atoms. The molecule has 2 N–H and O–H groups in total. The molecule has 1 heterocycles. The molecular formula is C23H16Cl2FN3O5. The van der Waals surface area contributed by atoms with E-state index in [2.05, 4.69) is 15.5 Å². The highest BCUT2D eigenvalue weighted by Crippen LogP contribution is 2.35. The van der Waals surface area contributed by atoms with Crippen LogP contribution < -0.4 is 14.8 Å². The van der Waals surface area contributed by atoms with Gasteiger partial charge in [0.25, 0.3) is 0 Å². The minimum absolute atomic E-state index is 0.0179. The zero-order valence-corrected chi connectivity index (χ0v) is 19.0. The number of methoxy groups -OCH3 is 1. The van der Waals surface area contributed by atoms with Crippen molar-refractivity contribution in [2.45, 2.75) is 6.54 Å². The molecule has 174 valence electrons. The molecule has 3 aromatic carbocycles. The van der Waals surface area contributed by atoms with E-state index in [0.29, 0.717) is 17.1 Å². The van der Waals surface area contributed by atoms with Gasteiger partial charge in [0.15, 0.2) is 17.3 Å². The Bertz CT molecular complexity index is 1320. The zero-order chi connectivity index (χ0) is 24.2. The van der Waals surface area contributed by atoms with E-state index in [1.165, 1.54) is 37.4 Å². The second-order valence-corrected chi connectivity index (χ2v) is 7.75. The van der Waals surface area contributed by atoms with Crippen LogP contribution in [0.15, 0.2) is 59.1 Å². The smallest absolute Gasteiger partial charge is 0.316 e. The summed E-state index contributed by atoms with van der Waals surface area (Å²) in [5.74, 6) is -0.453. The first-order chi connectivity index (χ1) is 16.3. The lowest BCUT2D eigenvalue weighted by molar-refractivity contribution is 0.0907. The van der Waals surface area contributed by atoms with Crippen molar-refractivity contribution in [1.82, 2.24) is 15.5 Å². The van der Waals surface area contributed by atoms with Crippen LogP contribution >= 0.6 is 23.2 Å². The van der Waals surface area contributed by atoms with E-state index in [1.54, 1.807) is 24.3 Å². The van der Waals surface area contributed by atoms with Crippen LogP contribution in [-0.4, -0.2) is 28.3 Å². The molecule has 0 radical (unpaired) electrons. The van der Waals surface area contributed by atoms with E-state index in [1.807, 2.05) is 0 Å². The minimum atomic E-state index is -0.576. The van der Waals surface area contributed by atoms with E-state index in [0.717, 1.165) is 5.56 Å². The number of amides is 1. The number of carbonyl (C=O) groups excluding carboxylic acids is 1. The van der Waals surface area contributed by atoms with Crippen molar-refractivity contribution in [3.05, 3.63) is 81.9 Å². The monoisotopic (exact) mass is 503 g/mol. The van der Waals surface area contributed by atoms with Gasteiger partial charge in [-0.2, -0.15) is 4.98 Å². The molecule has 0 unspecified atom stereocenters. The number of aromatic hydroxyl groups is 1. The van der Waals surface area contributed by atoms with Crippen molar-refractivity contribution < 1.29 is 28.3 Å². The van der Waals surface area contributed by atoms with Crippen molar-refractivity contribution in [2.75, 3.05) is 7.11 Å². The van der Waals surface area contributed by atoms with Gasteiger partial charge >= 0.3 is 11.8 Å². The Labute approximate surface area is 202 Å². The van der Waals surface area contributed by atoms with Gasteiger partial charge < -0.3 is 24.4 Å². The number of phenolic OH excluding ortho intramolecular Hbond substituents is 1. The normalized spacial score (nSPS) is 10.7. The number of carbonyl (C=O) groups is 1. The number of phenols is 1. The summed E-state index contributed by atoms with van der Waals surface area (Å²) < 4.78 is 29.2. The minimum Gasteiger partial charge on any atom is -0.505 e. The van der Waals surface area contributed by atoms with Crippen LogP contribution in [0.4, 0.5) is 4.39 Å². The highest BCUT2D eigenvalue weighted by atomic mass is 35.5. The van der Waals surface area contributed by atoms with Crippen LogP contribution in [0.5, 0.6) is 23.0 Å². The third kappa shape index (κ3) is 5.22. The third-order valence-electron chi connectivity index (χ3n) is 4.63. The van der Waals surface area contributed by atoms with E-state index in [9.17, 15) is 14.3 Å². The third-order valence-corrected chi connectivity index (χ3v) is 5.21. The highest BCUT2D eigenvalue weighted by molar-refractivity contribution is 6.37. The fourth-order valence-corrected chi connectivity index (χ4v) is 3.39. The Morgan fingerprint density at radius 1 is 1.09 bits per heavy atom. The van der Waals surface area contributed by atoms with Crippen LogP contribution in [0, 0.1) is 5.82 Å². The second-order valence-electron chi connectivity index (χ2n) is 6.94. The molecule has 1 aromatic heterocycles. The second kappa shape index (κ2) is 9.98. The van der Waals surface area contributed by atoms with Gasteiger partial charge in [0.05, 0.1) is 17.2 Å². The molecule has 0 aliphatic rings. The van der Waals surface area contributed by atoms with Crippen LogP contribution in [-0.2, 0) is 6.54 Å². The predicted molar refractivity (Wildman–Crippen MR) is 122 cm³/mol. The molecule has 0 aliphatic heterocycles. The van der Waals surface area contributed by atoms with Gasteiger partial charge in [0.1, 0.15) is 11.5 Å². The fraction of sp³-hybridized carbons (Fsp3) is 0.0870. The average molecular weight is 504 g/mol. The Morgan fingerprint density at radius 2 is 1.76 bits per heavy atom. The molecular weight excluding hydrogens is 488 g/mol. The van der Waals surface area contributed by atoms with Crippen LogP contribution in [0.1, 0.15) is 16.2 Å². The summed E-state index contributed by atoms with van der Waals surface area (Å²) in [4.78, 5) is 16.4. The Hall–Kier alpha value is -3.82. The molecule has 11 heteroatoms. The number of rotatable bonds is 7. The summed E-state index contributed by atoms with van der Waals surface area (Å²) in [6.07, 6.45) is 0. The lowest BCUT2D eigenvalue weighted by Crippen LogP contribution is -2.23. The summed E-state index contributed by atoms with van der Waals surface area (Å²) in [5.41, 5.74) is 1.17. The van der Waals surface area contributed by atoms with E-state index < -0.39 is 11.7 Å². The maximum Gasteiger partial charge on any atom is 0.316 e. The quantitative estimate of drug-likeness (QED) is 0.337. The molecule has 0 saturated heterocycles. The number of aromatic nitrogens is 2. The predicted octanol–water partition coefficient (Wildman–Crippen LogP) is 5.62. The van der Waals surface area contributed by atoms with E-state index >= 15 is 0 Å². The molecule has 0 atom stereocenters. The largest absolute Gasteiger partial charge is 0.505 e. The molecule has 8 nitrogen and oxygen atoms in total. The average Bonchev–Trinajstić information content (AvgIpc) is 3.33. The van der Waals surface area contributed by atoms with Crippen LogP contribution in [0.3, 0.4) is 0 Å². The summed E-state index contributed by atoms with van der Waals surface area (Å²) in [5, 5.41) is 16.1. The van der Waals surface area contributed by atoms with Crippen molar-refractivity contribution >= 4 is 29.1 Å². The maximum absolute atomic E-state index is 13.5. The van der Waals surface area contributed by atoms with Gasteiger partial charge in [-0.25, -0.2) is 4.39 Å². The Balaban J connectivity index is 1.36. The van der Waals surface area contributed by atoms with Crippen molar-refractivity contribution in [3.8, 4) is 34.4 Å². The summed E-state index contributed by atoms with van der Waals surface area (Å²) in [6, 6.07) is 13.9. The molecule has 34 heavy (non-hydrogen) atoms. The van der Waals surface area contributed by atoms with Gasteiger partial charge in [-0.1, -0.05) is 40.5 Å². The van der Waals surface area contributed by atoms with Crippen LogP contribution in [0.2, 0.25) is 10.0 Å². The van der Waals surface area contributed by atoms with Gasteiger partial charge in [-0.3, -0.25) is 4.79 Å². The topological polar surface area (TPSA) is 107 Å². The Kier molecular flexibility index (Phi) is 6.85. The summed E-state index contributed by atoms with van der Waals surface area (Å²) in [7, 11) is 1.37. The van der Waals surface area contributed by atoms with Crippen molar-refractivity contribution in [1.29, 1.82) is 0 Å². The number of ether oxygens (including phenoxy) is 2. The van der Waals surface area contributed by atoms with E-state index in [-0.39, 0.29) is 39.8 Å². The molecule has 0 spiro atoms. The first kappa shape index (κ1) is 23.3. The van der Waals surface area contributed by atoms with Gasteiger partial charge in [0.2, 0.25) is 5.82 Å². The molecule has 1 amide bonds. The standard InChI is InChI=1S/C23H16Cl2FN3O5/c1-32-19-10-15(6-7-18(19)26)33-14-4-2-12(3-5-14)11-27-22(31)23-28-21(29-34-23)13-8-16(24)20(30)17(25)9-13/h2-10,30H,11H2,1H3,(H,27,31). The summed E-state index contributed by atoms with van der Waals surface area (Å²) in [6.45, 7) is 0.193. The molecule has 0 fully saturated rings. The lowest BCUT2D eigenvalue weighted by atomic mass is 10.2. The first-order valence-electron chi connectivity index (χ1n) is 9.74. The number of nitrogens with zero attached hydrogens (tertiary/aromatic N) is 2. The molecule has 4 rings (SSSR count). The van der Waals surface area contributed by atoms with Gasteiger partial charge in [-0.05, 0) is 42.0 Å². The lowest BCUT2D eigenvalue weighted by Gasteiger charge is -2.09. The molecule has 4 aromatic rings. The SMILES string of the molecule is COc1cc(Oc2ccc(CNC(=O)c3nc(-c4cc(Cl)c(O)c(Cl)c4)no3)cc2)ccc1F. The van der Waals surface area contributed by atoms with E-state index in [4.69, 9.17) is 37.2 Å². The fourth-order valence-electron chi connectivity index (χ4n) is 2.90. The number of hydrogen-bond donors (Lipinski definition) is 2. The zero-order valence-electron chi connectivity index (χ0n) is 17.5. The van der Waals surface area contributed by atoms with Gasteiger partial charge in [0, 0.05) is 18.2 Å². The molecule has 0 aliphatic carbocycles. The first-order valence-corrected chi connectivity index (χ1v) is 10.5. The maximum atomic E-state index is 13.5. The van der Waals surface area contributed by atoms with Crippen molar-refractivity contribution in [3.63, 3.8) is 0 Å². The van der Waals surface area contributed by atoms with Gasteiger partial charge in [-0.15, -0.1) is 0 Å². The number of hydrogen-bond acceptors (Lipinski definition) is 7. The summed E-state index contributed by atoms with van der Waals surface area (Å²) >= 11 is 11.8. The molecule has 0 saturated carbocycles.